The molecule has 1 aromatic carbocycles. The van der Waals surface area contributed by atoms with Gasteiger partial charge in [-0.15, -0.1) is 0 Å². The maximum Gasteiger partial charge on any atom is 0.418 e. The number of para-hydroxylation sites is 1. The molecule has 0 saturated carbocycles. The van der Waals surface area contributed by atoms with E-state index in [2.05, 4.69) is 10.4 Å². The molecule has 0 aliphatic carbocycles. The van der Waals surface area contributed by atoms with Crippen LogP contribution in [0.1, 0.15) is 48.4 Å². The highest BCUT2D eigenvalue weighted by Crippen LogP contribution is 2.33. The minimum atomic E-state index is -4.62. The van der Waals surface area contributed by atoms with E-state index in [0.29, 0.717) is 12.8 Å². The maximum atomic E-state index is 13.4. The summed E-state index contributed by atoms with van der Waals surface area (Å²) in [5.74, 6) is -0.766. The number of rotatable bonds is 6. The quantitative estimate of drug-likeness (QED) is 0.786. The molecule has 0 aliphatic heterocycles. The van der Waals surface area contributed by atoms with Crippen LogP contribution < -0.4 is 16.5 Å². The lowest BCUT2D eigenvalue weighted by molar-refractivity contribution is -0.137. The zero-order chi connectivity index (χ0) is 21.1. The molecule has 0 spiro atoms. The molecule has 2 aromatic rings. The Labute approximate surface area is 160 Å². The topological polar surface area (TPSA) is 90.0 Å². The number of nitrogens with one attached hydrogen (secondary N) is 1. The molecule has 0 radical (unpaired) electrons. The van der Waals surface area contributed by atoms with Crippen molar-refractivity contribution in [3.63, 3.8) is 0 Å². The molecule has 2 rings (SSSR count). The Hall–Kier alpha value is -2.68. The van der Waals surface area contributed by atoms with Gasteiger partial charge >= 0.3 is 6.18 Å². The number of aromatic nitrogens is 2. The number of alkyl halides is 3. The number of carbonyl (C=O) groups is 1. The predicted octanol–water partition coefficient (Wildman–Crippen LogP) is 2.81. The van der Waals surface area contributed by atoms with Crippen molar-refractivity contribution in [1.82, 2.24) is 15.1 Å². The smallest absolute Gasteiger partial charge is 0.344 e. The Morgan fingerprint density at radius 1 is 1.21 bits per heavy atom. The summed E-state index contributed by atoms with van der Waals surface area (Å²) in [6.45, 7) is 5.29. The van der Waals surface area contributed by atoms with Gasteiger partial charge in [0.15, 0.2) is 5.69 Å². The van der Waals surface area contributed by atoms with Crippen LogP contribution in [0.2, 0.25) is 0 Å². The predicted molar refractivity (Wildman–Crippen MR) is 99.4 cm³/mol. The van der Waals surface area contributed by atoms with Crippen LogP contribution in [0.15, 0.2) is 35.1 Å². The molecular weight excluding hydrogens is 373 g/mol. The molecule has 0 saturated heterocycles. The molecule has 6 nitrogen and oxygen atoms in total. The van der Waals surface area contributed by atoms with Crippen molar-refractivity contribution in [2.45, 2.75) is 45.3 Å². The first-order valence-corrected chi connectivity index (χ1v) is 8.88. The summed E-state index contributed by atoms with van der Waals surface area (Å²) in [5.41, 5.74) is 2.88. The van der Waals surface area contributed by atoms with Crippen LogP contribution in [-0.4, -0.2) is 27.8 Å². The Morgan fingerprint density at radius 2 is 1.82 bits per heavy atom. The van der Waals surface area contributed by atoms with Gasteiger partial charge in [0, 0.05) is 18.3 Å². The molecule has 0 unspecified atom stereocenters. The molecule has 152 valence electrons. The van der Waals surface area contributed by atoms with E-state index < -0.39 is 34.3 Å². The average molecular weight is 396 g/mol. The molecule has 1 aromatic heterocycles. The van der Waals surface area contributed by atoms with Crippen molar-refractivity contribution in [3.05, 3.63) is 57.5 Å². The van der Waals surface area contributed by atoms with Gasteiger partial charge in [-0.1, -0.05) is 26.0 Å². The first-order chi connectivity index (χ1) is 13.1. The summed E-state index contributed by atoms with van der Waals surface area (Å²) < 4.78 is 41.1. The molecule has 3 N–H and O–H groups in total. The summed E-state index contributed by atoms with van der Waals surface area (Å²) in [4.78, 5) is 25.0. The lowest BCUT2D eigenvalue weighted by Crippen LogP contribution is -2.53. The summed E-state index contributed by atoms with van der Waals surface area (Å²) in [6.07, 6.45) is -3.55. The molecule has 0 atom stereocenters. The van der Waals surface area contributed by atoms with Crippen LogP contribution in [0.4, 0.5) is 13.2 Å². The fraction of sp³-hybridized carbons (Fsp3) is 0.421. The zero-order valence-corrected chi connectivity index (χ0v) is 15.9. The van der Waals surface area contributed by atoms with Gasteiger partial charge in [0.05, 0.1) is 16.8 Å². The number of hydrogen-bond donors (Lipinski definition) is 2. The number of benzene rings is 1. The first kappa shape index (κ1) is 21.6. The molecule has 28 heavy (non-hydrogen) atoms. The van der Waals surface area contributed by atoms with Gasteiger partial charge in [-0.2, -0.15) is 18.3 Å². The van der Waals surface area contributed by atoms with Crippen LogP contribution in [0, 0.1) is 6.92 Å². The number of aryl methyl sites for hydroxylation is 1. The Bertz CT molecular complexity index is 910. The van der Waals surface area contributed by atoms with E-state index in [4.69, 9.17) is 5.73 Å². The normalized spacial score (nSPS) is 12.1. The number of carbonyl (C=O) groups excluding carboxylic acids is 1. The minimum Gasteiger partial charge on any atom is -0.344 e. The zero-order valence-electron chi connectivity index (χ0n) is 15.9. The van der Waals surface area contributed by atoms with Crippen molar-refractivity contribution in [3.8, 4) is 5.69 Å². The highest BCUT2D eigenvalue weighted by Gasteiger charge is 2.34. The fourth-order valence-electron chi connectivity index (χ4n) is 2.91. The fourth-order valence-corrected chi connectivity index (χ4v) is 2.91. The highest BCUT2D eigenvalue weighted by atomic mass is 19.4. The Morgan fingerprint density at radius 3 is 2.36 bits per heavy atom. The van der Waals surface area contributed by atoms with Crippen molar-refractivity contribution >= 4 is 5.91 Å². The summed E-state index contributed by atoms with van der Waals surface area (Å²) in [7, 11) is 0. The molecule has 1 amide bonds. The summed E-state index contributed by atoms with van der Waals surface area (Å²) in [6, 6.07) is 5.93. The lowest BCUT2D eigenvalue weighted by atomic mass is 9.93. The summed E-state index contributed by atoms with van der Waals surface area (Å²) in [5, 5.41) is 6.67. The number of halogens is 3. The standard InChI is InChI=1S/C19H23F3N4O2/c1-4-18(5-2,11-23)24-17(28)16-15(27)10-12(3)26(25-16)14-9-7-6-8-13(14)19(20,21)22/h6-10H,4-5,11,23H2,1-3H3,(H,24,28). The Balaban J connectivity index is 2.59. The molecule has 0 bridgehead atoms. The van der Waals surface area contributed by atoms with Crippen molar-refractivity contribution in [1.29, 1.82) is 0 Å². The van der Waals surface area contributed by atoms with Crippen molar-refractivity contribution in [2.24, 2.45) is 5.73 Å². The Kier molecular flexibility index (Phi) is 6.28. The average Bonchev–Trinajstić information content (AvgIpc) is 2.65. The minimum absolute atomic E-state index is 0.155. The lowest BCUT2D eigenvalue weighted by Gasteiger charge is -2.31. The SMILES string of the molecule is CCC(CC)(CN)NC(=O)c1nn(-c2ccccc2C(F)(F)F)c(C)cc1=O. The van der Waals surface area contributed by atoms with Crippen LogP contribution in [0.3, 0.4) is 0 Å². The van der Waals surface area contributed by atoms with E-state index >= 15 is 0 Å². The maximum absolute atomic E-state index is 13.4. The second kappa shape index (κ2) is 8.14. The van der Waals surface area contributed by atoms with Crippen LogP contribution in [-0.2, 0) is 6.18 Å². The van der Waals surface area contributed by atoms with E-state index in [9.17, 15) is 22.8 Å². The third kappa shape index (κ3) is 4.24. The molecule has 0 aliphatic rings. The van der Waals surface area contributed by atoms with Gasteiger partial charge in [-0.25, -0.2) is 4.68 Å². The number of amides is 1. The van der Waals surface area contributed by atoms with E-state index in [1.54, 1.807) is 0 Å². The van der Waals surface area contributed by atoms with Crippen molar-refractivity contribution in [2.75, 3.05) is 6.54 Å². The van der Waals surface area contributed by atoms with E-state index in [1.807, 2.05) is 13.8 Å². The van der Waals surface area contributed by atoms with Gasteiger partial charge in [-0.05, 0) is 31.9 Å². The van der Waals surface area contributed by atoms with Gasteiger partial charge in [-0.3, -0.25) is 9.59 Å². The van der Waals surface area contributed by atoms with E-state index in [1.165, 1.54) is 25.1 Å². The highest BCUT2D eigenvalue weighted by molar-refractivity contribution is 5.92. The largest absolute Gasteiger partial charge is 0.418 e. The van der Waals surface area contributed by atoms with E-state index in [0.717, 1.165) is 16.8 Å². The van der Waals surface area contributed by atoms with Crippen LogP contribution in [0.5, 0.6) is 0 Å². The van der Waals surface area contributed by atoms with Gasteiger partial charge in [0.2, 0.25) is 5.43 Å². The van der Waals surface area contributed by atoms with Crippen LogP contribution in [0.25, 0.3) is 5.69 Å². The molecule has 0 fully saturated rings. The number of nitrogens with two attached hydrogens (primary N) is 1. The van der Waals surface area contributed by atoms with Gasteiger partial charge in [0.1, 0.15) is 0 Å². The van der Waals surface area contributed by atoms with E-state index in [-0.39, 0.29) is 17.9 Å². The van der Waals surface area contributed by atoms with Gasteiger partial charge in [0.25, 0.3) is 5.91 Å². The second-order valence-corrected chi connectivity index (χ2v) is 6.57. The molecule has 9 heteroatoms. The summed E-state index contributed by atoms with van der Waals surface area (Å²) >= 11 is 0. The van der Waals surface area contributed by atoms with Crippen LogP contribution >= 0.6 is 0 Å². The van der Waals surface area contributed by atoms with Gasteiger partial charge < -0.3 is 11.1 Å². The third-order valence-corrected chi connectivity index (χ3v) is 4.88. The molecule has 1 heterocycles. The second-order valence-electron chi connectivity index (χ2n) is 6.57. The molecular formula is C19H23F3N4O2. The number of hydrogen-bond acceptors (Lipinski definition) is 4. The first-order valence-electron chi connectivity index (χ1n) is 8.88. The monoisotopic (exact) mass is 396 g/mol. The third-order valence-electron chi connectivity index (χ3n) is 4.88. The van der Waals surface area contributed by atoms with Crippen molar-refractivity contribution < 1.29 is 18.0 Å². The number of nitrogens with zero attached hydrogens (tertiary/aromatic N) is 2.